The van der Waals surface area contributed by atoms with Gasteiger partial charge in [0.1, 0.15) is 5.82 Å². The molecule has 8 nitrogen and oxygen atoms in total. The molecule has 1 aliphatic rings. The van der Waals surface area contributed by atoms with Gasteiger partial charge in [0.05, 0.1) is 28.7 Å². The first-order valence-electron chi connectivity index (χ1n) is 13.5. The predicted molar refractivity (Wildman–Crippen MR) is 169 cm³/mol. The molecule has 41 heavy (non-hydrogen) atoms. The van der Waals surface area contributed by atoms with Crippen LogP contribution < -0.4 is 20.3 Å². The molecule has 1 saturated carbocycles. The molecule has 0 unspecified atom stereocenters. The van der Waals surface area contributed by atoms with Crippen LogP contribution in [0, 0.1) is 6.92 Å². The number of aromatic nitrogens is 2. The summed E-state index contributed by atoms with van der Waals surface area (Å²) in [6.45, 7) is 1.79. The number of anilines is 1. The molecule has 5 rings (SSSR count). The van der Waals surface area contributed by atoms with Crippen molar-refractivity contribution < 1.29 is 14.3 Å². The molecule has 10 heteroatoms. The smallest absolute Gasteiger partial charge is 0.282 e. The quantitative estimate of drug-likeness (QED) is 0.199. The first kappa shape index (κ1) is 29.0. The third-order valence-corrected chi connectivity index (χ3v) is 8.14. The Bertz CT molecular complexity index is 1660. The molecule has 1 fully saturated rings. The third-order valence-electron chi connectivity index (χ3n) is 7.06. The second-order valence-electron chi connectivity index (χ2n) is 10.1. The van der Waals surface area contributed by atoms with Crippen molar-refractivity contribution in [3.63, 3.8) is 0 Å². The zero-order valence-corrected chi connectivity index (χ0v) is 26.0. The number of carbonyl (C=O) groups excluding carboxylic acids is 1. The van der Waals surface area contributed by atoms with Gasteiger partial charge in [-0.05, 0) is 83.7 Å². The summed E-state index contributed by atoms with van der Waals surface area (Å²) in [6, 6.07) is 16.6. The lowest BCUT2D eigenvalue weighted by atomic mass is 9.88. The summed E-state index contributed by atoms with van der Waals surface area (Å²) in [5, 5.41) is 7.94. The highest BCUT2D eigenvalue weighted by atomic mass is 79.9. The maximum Gasteiger partial charge on any atom is 0.282 e. The number of halogens is 2. The zero-order chi connectivity index (χ0) is 28.9. The number of methoxy groups -OCH3 is 1. The highest BCUT2D eigenvalue weighted by Crippen LogP contribution is 2.36. The van der Waals surface area contributed by atoms with Gasteiger partial charge in [0, 0.05) is 16.1 Å². The number of hydrogen-bond donors (Lipinski definition) is 1. The summed E-state index contributed by atoms with van der Waals surface area (Å²) >= 11 is 7.00. The minimum Gasteiger partial charge on any atom is -0.493 e. The molecule has 0 radical (unpaired) electrons. The van der Waals surface area contributed by atoms with E-state index in [0.29, 0.717) is 43.9 Å². The van der Waals surface area contributed by atoms with E-state index in [1.165, 1.54) is 18.2 Å². The number of nitrogens with zero attached hydrogens (tertiary/aromatic N) is 3. The van der Waals surface area contributed by atoms with Crippen molar-refractivity contribution in [2.24, 2.45) is 5.10 Å². The lowest BCUT2D eigenvalue weighted by Gasteiger charge is -2.22. The number of nitrogens with one attached hydrogen (secondary N) is 1. The molecule has 1 aliphatic carbocycles. The van der Waals surface area contributed by atoms with E-state index in [1.54, 1.807) is 24.4 Å². The van der Waals surface area contributed by atoms with Crippen molar-refractivity contribution in [1.29, 1.82) is 0 Å². The fraction of sp³-hybridized carbons (Fsp3) is 0.290. The third kappa shape index (κ3) is 6.87. The van der Waals surface area contributed by atoms with E-state index in [9.17, 15) is 9.59 Å². The van der Waals surface area contributed by atoms with Gasteiger partial charge in [-0.25, -0.2) is 4.98 Å². The molecule has 0 atom stereocenters. The van der Waals surface area contributed by atoms with E-state index < -0.39 is 0 Å². The van der Waals surface area contributed by atoms with E-state index in [4.69, 9.17) is 14.5 Å². The topological polar surface area (TPSA) is 94.8 Å². The van der Waals surface area contributed by atoms with Crippen LogP contribution in [-0.4, -0.2) is 35.5 Å². The summed E-state index contributed by atoms with van der Waals surface area (Å²) in [4.78, 5) is 31.0. The molecule has 212 valence electrons. The van der Waals surface area contributed by atoms with Gasteiger partial charge in [-0.2, -0.15) is 9.78 Å². The Balaban J connectivity index is 1.41. The average Bonchev–Trinajstić information content (AvgIpc) is 2.97. The minimum atomic E-state index is -0.293. The van der Waals surface area contributed by atoms with Gasteiger partial charge in [-0.1, -0.05) is 52.9 Å². The Morgan fingerprint density at radius 2 is 1.85 bits per heavy atom. The van der Waals surface area contributed by atoms with Crippen LogP contribution in [0.5, 0.6) is 11.5 Å². The Hall–Kier alpha value is -3.50. The van der Waals surface area contributed by atoms with Gasteiger partial charge in [0.25, 0.3) is 11.5 Å². The van der Waals surface area contributed by atoms with Crippen molar-refractivity contribution >= 4 is 60.6 Å². The van der Waals surface area contributed by atoms with Crippen LogP contribution in [0.4, 0.5) is 5.69 Å². The molecule has 1 heterocycles. The predicted octanol–water partition coefficient (Wildman–Crippen LogP) is 7.19. The van der Waals surface area contributed by atoms with Crippen LogP contribution in [0.2, 0.25) is 0 Å². The van der Waals surface area contributed by atoms with Gasteiger partial charge < -0.3 is 14.8 Å². The maximum absolute atomic E-state index is 13.6. The Morgan fingerprint density at radius 3 is 2.59 bits per heavy atom. The molecular formula is C31H30Br2N4O4. The summed E-state index contributed by atoms with van der Waals surface area (Å²) in [6.07, 6.45) is 6.98. The Kier molecular flexibility index (Phi) is 9.19. The van der Waals surface area contributed by atoms with E-state index in [-0.39, 0.29) is 24.0 Å². The summed E-state index contributed by atoms with van der Waals surface area (Å²) in [5.41, 5.74) is 2.94. The van der Waals surface area contributed by atoms with Gasteiger partial charge in [-0.3, -0.25) is 9.59 Å². The van der Waals surface area contributed by atoms with Crippen LogP contribution in [0.3, 0.4) is 0 Å². The second kappa shape index (κ2) is 13.0. The van der Waals surface area contributed by atoms with Gasteiger partial charge in [-0.15, -0.1) is 0 Å². The maximum atomic E-state index is 13.6. The van der Waals surface area contributed by atoms with Crippen LogP contribution >= 0.6 is 31.9 Å². The molecule has 1 aromatic heterocycles. The number of aryl methyl sites for hydroxylation is 1. The number of carbonyl (C=O) groups is 1. The van der Waals surface area contributed by atoms with Crippen molar-refractivity contribution in [3.05, 3.63) is 90.8 Å². The minimum absolute atomic E-state index is 0.171. The van der Waals surface area contributed by atoms with Crippen molar-refractivity contribution in [3.8, 4) is 11.5 Å². The molecule has 3 aromatic carbocycles. The Morgan fingerprint density at radius 1 is 1.10 bits per heavy atom. The lowest BCUT2D eigenvalue weighted by Crippen LogP contribution is -2.25. The van der Waals surface area contributed by atoms with Gasteiger partial charge in [0.15, 0.2) is 18.1 Å². The molecular weight excluding hydrogens is 652 g/mol. The van der Waals surface area contributed by atoms with E-state index in [0.717, 1.165) is 35.7 Å². The molecule has 4 aromatic rings. The van der Waals surface area contributed by atoms with Crippen molar-refractivity contribution in [2.75, 3.05) is 19.0 Å². The number of fused-ring (bicyclic) bond motifs is 1. The molecule has 1 amide bonds. The monoisotopic (exact) mass is 680 g/mol. The standard InChI is InChI=1S/C31H30Br2N4O4/c1-19-8-11-23(12-9-19)35-28(38)18-41-29-25(33)14-20(15-27(29)40-2)17-34-37-30(21-6-4-3-5-7-21)36-26-13-10-22(32)16-24(26)31(37)39/h8-17,21H,3-7,18H2,1-2H3,(H,35,38). The lowest BCUT2D eigenvalue weighted by molar-refractivity contribution is -0.118. The first-order valence-corrected chi connectivity index (χ1v) is 15.0. The highest BCUT2D eigenvalue weighted by Gasteiger charge is 2.23. The number of benzene rings is 3. The van der Waals surface area contributed by atoms with Crippen LogP contribution in [0.1, 0.15) is 55.0 Å². The van der Waals surface area contributed by atoms with Crippen LogP contribution in [0.15, 0.2) is 73.4 Å². The van der Waals surface area contributed by atoms with E-state index >= 15 is 0 Å². The molecule has 0 aliphatic heterocycles. The highest BCUT2D eigenvalue weighted by molar-refractivity contribution is 9.10. The zero-order valence-electron chi connectivity index (χ0n) is 22.8. The molecule has 0 saturated heterocycles. The molecule has 0 bridgehead atoms. The fourth-order valence-corrected chi connectivity index (χ4v) is 5.89. The number of rotatable bonds is 8. The molecule has 0 spiro atoms. The van der Waals surface area contributed by atoms with Gasteiger partial charge in [0.2, 0.25) is 0 Å². The fourth-order valence-electron chi connectivity index (χ4n) is 4.95. The first-order chi connectivity index (χ1) is 19.8. The van der Waals surface area contributed by atoms with Crippen LogP contribution in [0.25, 0.3) is 10.9 Å². The summed E-state index contributed by atoms with van der Waals surface area (Å²) in [7, 11) is 1.53. The second-order valence-corrected chi connectivity index (χ2v) is 11.8. The normalized spacial score (nSPS) is 14.0. The number of ether oxygens (including phenoxy) is 2. The summed E-state index contributed by atoms with van der Waals surface area (Å²) < 4.78 is 14.2. The van der Waals surface area contributed by atoms with Crippen molar-refractivity contribution in [1.82, 2.24) is 9.66 Å². The molecule has 1 N–H and O–H groups in total. The number of amides is 1. The largest absolute Gasteiger partial charge is 0.493 e. The Labute approximate surface area is 255 Å². The average molecular weight is 682 g/mol. The van der Waals surface area contributed by atoms with Crippen molar-refractivity contribution in [2.45, 2.75) is 44.9 Å². The van der Waals surface area contributed by atoms with Crippen LogP contribution in [-0.2, 0) is 4.79 Å². The SMILES string of the molecule is COc1cc(C=Nn2c(C3CCCCC3)nc3ccc(Br)cc3c2=O)cc(Br)c1OCC(=O)Nc1ccc(C)cc1. The van der Waals surface area contributed by atoms with E-state index in [1.807, 2.05) is 43.3 Å². The number of hydrogen-bond acceptors (Lipinski definition) is 6. The summed E-state index contributed by atoms with van der Waals surface area (Å²) in [5.74, 6) is 1.37. The van der Waals surface area contributed by atoms with Gasteiger partial charge >= 0.3 is 0 Å². The van der Waals surface area contributed by atoms with E-state index in [2.05, 4.69) is 42.3 Å².